The van der Waals surface area contributed by atoms with E-state index >= 15 is 0 Å². The molecule has 1 unspecified atom stereocenters. The van der Waals surface area contributed by atoms with Crippen LogP contribution in [0.15, 0.2) is 65.7 Å². The summed E-state index contributed by atoms with van der Waals surface area (Å²) in [5.74, 6) is -3.85. The van der Waals surface area contributed by atoms with Crippen molar-refractivity contribution in [1.82, 2.24) is 19.4 Å². The van der Waals surface area contributed by atoms with Crippen molar-refractivity contribution < 1.29 is 33.0 Å². The van der Waals surface area contributed by atoms with E-state index in [-0.39, 0.29) is 81.3 Å². The first-order valence-electron chi connectivity index (χ1n) is 18.2. The molecule has 3 N–H and O–H groups in total. The Bertz CT molecular complexity index is 1800. The quantitative estimate of drug-likeness (QED) is 0.277. The van der Waals surface area contributed by atoms with E-state index in [1.165, 1.54) is 10.9 Å². The lowest BCUT2D eigenvalue weighted by atomic mass is 9.73. The number of halogens is 2. The molecule has 0 bridgehead atoms. The monoisotopic (exact) mass is 721 g/mol. The van der Waals surface area contributed by atoms with E-state index in [4.69, 9.17) is 15.2 Å². The molecule has 52 heavy (non-hydrogen) atoms. The van der Waals surface area contributed by atoms with Gasteiger partial charge in [0.2, 0.25) is 17.7 Å². The van der Waals surface area contributed by atoms with Gasteiger partial charge in [0.25, 0.3) is 5.56 Å². The molecule has 11 nitrogen and oxygen atoms in total. The van der Waals surface area contributed by atoms with Crippen LogP contribution in [0.4, 0.5) is 19.3 Å². The van der Waals surface area contributed by atoms with E-state index in [2.05, 4.69) is 4.98 Å². The molecule has 6 rings (SSSR count). The molecule has 0 radical (unpaired) electrons. The summed E-state index contributed by atoms with van der Waals surface area (Å²) in [6.07, 6.45) is 3.29. The molecule has 2 saturated heterocycles. The number of carbonyl (C=O) groups is 2. The molecule has 0 spiro atoms. The number of hydrogen-bond acceptors (Lipinski definition) is 8. The second-order valence-electron chi connectivity index (χ2n) is 15.5. The Morgan fingerprint density at radius 3 is 2.40 bits per heavy atom. The number of aliphatic hydroxyl groups is 1. The van der Waals surface area contributed by atoms with Crippen molar-refractivity contribution in [2.45, 2.75) is 108 Å². The lowest BCUT2D eigenvalue weighted by molar-refractivity contribution is -0.145. The number of benzene rings is 2. The van der Waals surface area contributed by atoms with Crippen molar-refractivity contribution in [2.24, 2.45) is 5.92 Å². The number of amides is 2. The van der Waals surface area contributed by atoms with Crippen LogP contribution < -0.4 is 16.0 Å². The predicted octanol–water partition coefficient (Wildman–Crippen LogP) is 6.65. The van der Waals surface area contributed by atoms with Gasteiger partial charge in [-0.3, -0.25) is 14.2 Å². The fourth-order valence-electron chi connectivity index (χ4n) is 7.73. The topological polar surface area (TPSA) is 140 Å². The number of nitrogens with two attached hydrogens (primary N) is 1. The molecule has 1 saturated carbocycles. The molecule has 280 valence electrons. The summed E-state index contributed by atoms with van der Waals surface area (Å²) in [5.41, 5.74) is 5.08. The van der Waals surface area contributed by atoms with Gasteiger partial charge in [0.05, 0.1) is 18.2 Å². The molecule has 3 heterocycles. The van der Waals surface area contributed by atoms with Gasteiger partial charge in [-0.15, -0.1) is 0 Å². The van der Waals surface area contributed by atoms with Crippen LogP contribution in [0.25, 0.3) is 0 Å². The molecule has 1 aliphatic carbocycles. The van der Waals surface area contributed by atoms with Gasteiger partial charge >= 0.3 is 6.09 Å². The summed E-state index contributed by atoms with van der Waals surface area (Å²) in [6, 6.07) is 16.1. The van der Waals surface area contributed by atoms with Crippen LogP contribution in [-0.4, -0.2) is 73.2 Å². The third kappa shape index (κ3) is 8.57. The van der Waals surface area contributed by atoms with Crippen molar-refractivity contribution >= 4 is 17.7 Å². The van der Waals surface area contributed by atoms with Crippen molar-refractivity contribution in [1.29, 1.82) is 0 Å². The first-order chi connectivity index (χ1) is 24.6. The third-order valence-corrected chi connectivity index (χ3v) is 10.5. The third-order valence-electron chi connectivity index (χ3n) is 10.5. The number of aromatic nitrogens is 2. The highest BCUT2D eigenvalue weighted by Gasteiger charge is 2.46. The molecular formula is C39H49F2N5O6. The number of hydrogen-bond donors (Lipinski definition) is 2. The minimum atomic E-state index is -2.83. The zero-order valence-electron chi connectivity index (χ0n) is 30.1. The van der Waals surface area contributed by atoms with E-state index in [0.29, 0.717) is 12.3 Å². The molecule has 2 amide bonds. The van der Waals surface area contributed by atoms with Crippen molar-refractivity contribution in [3.05, 3.63) is 82.4 Å². The lowest BCUT2D eigenvalue weighted by Gasteiger charge is -2.42. The number of carbonyl (C=O) groups excluding carboxylic acids is 2. The molecule has 2 aliphatic heterocycles. The van der Waals surface area contributed by atoms with E-state index in [9.17, 15) is 28.3 Å². The number of likely N-dealkylation sites (tertiary alicyclic amines) is 2. The number of nitrogens with zero attached hydrogens (tertiary/aromatic N) is 4. The smallest absolute Gasteiger partial charge is 0.410 e. The first-order valence-corrected chi connectivity index (χ1v) is 18.2. The summed E-state index contributed by atoms with van der Waals surface area (Å²) in [7, 11) is 0. The molecule has 3 fully saturated rings. The van der Waals surface area contributed by atoms with Gasteiger partial charge in [-0.05, 0) is 82.6 Å². The Kier molecular flexibility index (Phi) is 10.6. The number of alkyl halides is 2. The average molecular weight is 722 g/mol. The zero-order valence-corrected chi connectivity index (χ0v) is 30.1. The maximum absolute atomic E-state index is 14.5. The van der Waals surface area contributed by atoms with E-state index in [0.717, 1.165) is 30.4 Å². The van der Waals surface area contributed by atoms with E-state index in [1.807, 2.05) is 39.0 Å². The maximum atomic E-state index is 14.5. The Labute approximate surface area is 302 Å². The van der Waals surface area contributed by atoms with E-state index < -0.39 is 34.5 Å². The second-order valence-corrected chi connectivity index (χ2v) is 15.5. The molecule has 1 aromatic heterocycles. The van der Waals surface area contributed by atoms with Crippen LogP contribution >= 0.6 is 0 Å². The van der Waals surface area contributed by atoms with Gasteiger partial charge in [0.15, 0.2) is 5.69 Å². The van der Waals surface area contributed by atoms with Crippen molar-refractivity contribution in [3.8, 4) is 11.6 Å². The highest BCUT2D eigenvalue weighted by molar-refractivity contribution is 5.80. The summed E-state index contributed by atoms with van der Waals surface area (Å²) in [6.45, 7) is 6.45. The largest absolute Gasteiger partial charge is 0.444 e. The van der Waals surface area contributed by atoms with Crippen LogP contribution in [0.2, 0.25) is 0 Å². The Morgan fingerprint density at radius 2 is 1.69 bits per heavy atom. The van der Waals surface area contributed by atoms with Gasteiger partial charge in [-0.25, -0.2) is 18.6 Å². The summed E-state index contributed by atoms with van der Waals surface area (Å²) in [5, 5.41) is 11.5. The molecule has 3 aromatic rings. The number of piperidine rings is 2. The summed E-state index contributed by atoms with van der Waals surface area (Å²) in [4.78, 5) is 47.8. The number of ether oxygens (including phenoxy) is 2. The van der Waals surface area contributed by atoms with E-state index in [1.54, 1.807) is 46.2 Å². The van der Waals surface area contributed by atoms with Crippen LogP contribution in [0.1, 0.15) is 95.2 Å². The fourth-order valence-corrected chi connectivity index (χ4v) is 7.73. The summed E-state index contributed by atoms with van der Waals surface area (Å²) < 4.78 is 41.8. The number of nitrogen functional groups attached to an aromatic ring is 1. The Hall–Kier alpha value is -4.52. The van der Waals surface area contributed by atoms with Gasteiger partial charge in [0, 0.05) is 44.3 Å². The second kappa shape index (κ2) is 14.8. The van der Waals surface area contributed by atoms with Crippen LogP contribution in [0, 0.1) is 5.92 Å². The minimum absolute atomic E-state index is 0.0792. The van der Waals surface area contributed by atoms with Crippen molar-refractivity contribution in [3.63, 3.8) is 0 Å². The standard InChI is InChI=1S/C39H49F2N5O6/c1-37(2,3)52-36(49)46-19-8-7-14-31(46)27-12-9-13-28(22-27)51-33-32(42)35(48)45(25-43-33)24-38(50)17-20-44(21-18-38)34(47)29-15-16-39(40,41)23-30(29)26-10-5-4-6-11-26/h4-6,9-13,22,25,29-31,50H,7-8,14-21,23-24,42H2,1-3H3/t29-,30+,31?/m1/s1. The van der Waals surface area contributed by atoms with Crippen molar-refractivity contribution in [2.75, 3.05) is 25.4 Å². The number of rotatable bonds is 7. The SMILES string of the molecule is CC(C)(C)OC(=O)N1CCCCC1c1cccc(Oc2ncn(CC3(O)CCN(C(=O)[C@@H]4CCC(F)(F)C[C@H]4c4ccccc4)CC3)c(=O)c2N)c1. The molecular weight excluding hydrogens is 672 g/mol. The normalized spacial score (nSPS) is 23.2. The summed E-state index contributed by atoms with van der Waals surface area (Å²) >= 11 is 0. The molecule has 2 aromatic carbocycles. The maximum Gasteiger partial charge on any atom is 0.410 e. The molecule has 3 atom stereocenters. The predicted molar refractivity (Wildman–Crippen MR) is 191 cm³/mol. The zero-order chi connectivity index (χ0) is 37.3. The van der Waals surface area contributed by atoms with Crippen LogP contribution in [-0.2, 0) is 16.1 Å². The van der Waals surface area contributed by atoms with Gasteiger partial charge in [0.1, 0.15) is 17.7 Å². The Balaban J connectivity index is 1.09. The van der Waals surface area contributed by atoms with Gasteiger partial charge < -0.3 is 30.1 Å². The molecule has 3 aliphatic rings. The first kappa shape index (κ1) is 37.2. The highest BCUT2D eigenvalue weighted by Crippen LogP contribution is 2.46. The lowest BCUT2D eigenvalue weighted by Crippen LogP contribution is -2.52. The highest BCUT2D eigenvalue weighted by atomic mass is 19.3. The van der Waals surface area contributed by atoms with Gasteiger partial charge in [-0.1, -0.05) is 42.5 Å². The van der Waals surface area contributed by atoms with Crippen LogP contribution in [0.5, 0.6) is 11.6 Å². The van der Waals surface area contributed by atoms with Gasteiger partial charge in [-0.2, -0.15) is 0 Å². The Morgan fingerprint density at radius 1 is 0.981 bits per heavy atom. The van der Waals surface area contributed by atoms with Crippen LogP contribution in [0.3, 0.4) is 0 Å². The average Bonchev–Trinajstić information content (AvgIpc) is 3.11. The minimum Gasteiger partial charge on any atom is -0.444 e. The fraction of sp³-hybridized carbons (Fsp3) is 0.538. The molecule has 13 heteroatoms. The number of anilines is 1.